The zero-order valence-electron chi connectivity index (χ0n) is 50.8. The Balaban J connectivity index is 0.991. The van der Waals surface area contributed by atoms with Crippen molar-refractivity contribution in [2.45, 2.75) is 141 Å². The first-order chi connectivity index (χ1) is 40.9. The highest BCUT2D eigenvalue weighted by Gasteiger charge is 2.33. The number of carbonyl (C=O) groups excluding carboxylic acids is 7. The molecule has 0 saturated carbocycles. The number of benzene rings is 2. The second kappa shape index (κ2) is 32.5. The van der Waals surface area contributed by atoms with Crippen molar-refractivity contribution in [3.8, 4) is 0 Å². The number of nitrogens with zero attached hydrogens (tertiary/aromatic N) is 6. The summed E-state index contributed by atoms with van der Waals surface area (Å²) in [4.78, 5) is 95.0. The van der Waals surface area contributed by atoms with E-state index in [1.54, 1.807) is 71.0 Å². The standard InChI is InChI=1S/C62H87FN10O12S/c1-41(2)58(68-54(75)15-10-9-12-28-73-55(76)24-25-56(73)77)61(80)66-45(6)60(79)67-49-20-18-46(19-21-49)14-11-13-27-71(29-26-64-7)62(81)84-53-23-17-43(4)59(85-57(78)38-51(74)22-16-42(53)3)44(5)34-47-35-48(63)37-50(36-47)70-30-32-72(33-31-70)86(82,83)52-39-65-69(8)40-52/h17-21,23-25,34-37,39-43,45,51,53,58-59,64,74H,9-16,22,26-33,38H2,1-8H3,(H,66,80)(H,67,79)(H,68,75)/b23-17+,44-34+/t42-,43-,45-,51+,53-,58-,59-/m0/s1. The average Bonchev–Trinajstić information content (AvgIpc) is 1.86. The lowest BCUT2D eigenvalue weighted by atomic mass is 9.91. The van der Waals surface area contributed by atoms with Gasteiger partial charge in [0.25, 0.3) is 11.8 Å². The van der Waals surface area contributed by atoms with Gasteiger partial charge in [0, 0.05) is 101 Å². The molecular weight excluding hydrogens is 1130 g/mol. The molecule has 3 aliphatic heterocycles. The highest BCUT2D eigenvalue weighted by molar-refractivity contribution is 7.89. The van der Waals surface area contributed by atoms with E-state index < -0.39 is 76.0 Å². The van der Waals surface area contributed by atoms with Crippen LogP contribution >= 0.6 is 0 Å². The number of hydrogen-bond donors (Lipinski definition) is 5. The summed E-state index contributed by atoms with van der Waals surface area (Å²) >= 11 is 0. The van der Waals surface area contributed by atoms with Crippen LogP contribution in [0.5, 0.6) is 0 Å². The lowest BCUT2D eigenvalue weighted by Crippen LogP contribution is -2.53. The van der Waals surface area contributed by atoms with Gasteiger partial charge in [-0.05, 0) is 131 Å². The molecule has 3 aliphatic rings. The number of amides is 6. The summed E-state index contributed by atoms with van der Waals surface area (Å²) in [5.41, 5.74) is 3.24. The third-order valence-electron chi connectivity index (χ3n) is 15.6. The van der Waals surface area contributed by atoms with Crippen molar-refractivity contribution in [3.63, 3.8) is 0 Å². The summed E-state index contributed by atoms with van der Waals surface area (Å²) in [5.74, 6) is -3.95. The summed E-state index contributed by atoms with van der Waals surface area (Å²) < 4.78 is 56.9. The number of nitrogens with one attached hydrogen (secondary N) is 4. The average molecular weight is 1220 g/mol. The fourth-order valence-electron chi connectivity index (χ4n) is 10.4. The molecular formula is C62H87FN10O12S. The van der Waals surface area contributed by atoms with E-state index >= 15 is 4.39 Å². The fraction of sp³-hybridized carbons (Fsp3) is 0.548. The summed E-state index contributed by atoms with van der Waals surface area (Å²) in [6.07, 6.45) is 12.0. The van der Waals surface area contributed by atoms with E-state index in [1.807, 2.05) is 43.0 Å². The smallest absolute Gasteiger partial charge is 0.410 e. The zero-order chi connectivity index (χ0) is 62.7. The largest absolute Gasteiger partial charge is 0.457 e. The molecule has 470 valence electrons. The second-order valence-corrected chi connectivity index (χ2v) is 25.0. The van der Waals surface area contributed by atoms with Crippen LogP contribution < -0.4 is 26.2 Å². The van der Waals surface area contributed by atoms with E-state index in [0.717, 1.165) is 16.9 Å². The van der Waals surface area contributed by atoms with Crippen LogP contribution in [0.15, 0.2) is 89.6 Å². The van der Waals surface area contributed by atoms with Gasteiger partial charge in [-0.2, -0.15) is 9.40 Å². The van der Waals surface area contributed by atoms with Crippen LogP contribution in [0.3, 0.4) is 0 Å². The summed E-state index contributed by atoms with van der Waals surface area (Å²) in [5, 5.41) is 26.4. The third-order valence-corrected chi connectivity index (χ3v) is 17.5. The molecule has 0 aliphatic carbocycles. The minimum absolute atomic E-state index is 0.108. The Morgan fingerprint density at radius 2 is 1.60 bits per heavy atom. The molecule has 0 radical (unpaired) electrons. The number of ether oxygens (including phenoxy) is 2. The van der Waals surface area contributed by atoms with E-state index in [1.165, 1.54) is 45.7 Å². The van der Waals surface area contributed by atoms with E-state index in [0.29, 0.717) is 93.8 Å². The number of esters is 1. The summed E-state index contributed by atoms with van der Waals surface area (Å²) in [6.45, 7) is 13.4. The molecule has 1 aromatic heterocycles. The SMILES string of the molecule is CNCCN(CCCCc1ccc(NC(=O)[C@H](C)NC(=O)[C@@H](NC(=O)CCCCCN2C(=O)C=CC2=O)C(C)C)cc1)C(=O)O[C@H]1/C=C/[C@H](C)[C@@H](/C(C)=C/c2cc(F)cc(N3CCN(S(=O)(=O)c4cnn(C)c4)CC3)c2)OC(=O)C[C@H](O)CC[C@@H]1C. The quantitative estimate of drug-likeness (QED) is 0.0272. The van der Waals surface area contributed by atoms with E-state index in [4.69, 9.17) is 9.47 Å². The number of carbonyl (C=O) groups is 7. The normalized spacial score (nSPS) is 21.0. The van der Waals surface area contributed by atoms with Crippen molar-refractivity contribution >= 4 is 69.1 Å². The first kappa shape index (κ1) is 67.8. The number of likely N-dealkylation sites (N-methyl/N-ethyl adjacent to an activating group) is 1. The number of aryl methyl sites for hydroxylation is 2. The number of rotatable bonds is 26. The highest BCUT2D eigenvalue weighted by Crippen LogP contribution is 2.29. The van der Waals surface area contributed by atoms with Gasteiger partial charge < -0.3 is 45.6 Å². The Kier molecular flexibility index (Phi) is 25.6. The van der Waals surface area contributed by atoms with Crippen LogP contribution in [-0.4, -0.2) is 169 Å². The van der Waals surface area contributed by atoms with Crippen molar-refractivity contribution in [1.29, 1.82) is 0 Å². The van der Waals surface area contributed by atoms with Crippen LogP contribution in [0.2, 0.25) is 0 Å². The van der Waals surface area contributed by atoms with Crippen LogP contribution in [0.25, 0.3) is 6.08 Å². The minimum atomic E-state index is -3.75. The van der Waals surface area contributed by atoms with E-state index in [-0.39, 0.29) is 73.3 Å². The molecule has 0 spiro atoms. The topological polar surface area (TPSA) is 271 Å². The maximum absolute atomic E-state index is 15.3. The molecule has 0 unspecified atom stereocenters. The monoisotopic (exact) mass is 1210 g/mol. The second-order valence-electron chi connectivity index (χ2n) is 23.0. The first-order valence-electron chi connectivity index (χ1n) is 29.8. The Morgan fingerprint density at radius 1 is 0.895 bits per heavy atom. The van der Waals surface area contributed by atoms with Crippen LogP contribution in [0, 0.1) is 23.6 Å². The number of aliphatic hydroxyl groups excluding tert-OH is 1. The minimum Gasteiger partial charge on any atom is -0.457 e. The predicted octanol–water partition coefficient (Wildman–Crippen LogP) is 5.88. The molecule has 0 bridgehead atoms. The van der Waals surface area contributed by atoms with Crippen molar-refractivity contribution < 1.29 is 61.0 Å². The van der Waals surface area contributed by atoms with Crippen LogP contribution in [0.1, 0.15) is 110 Å². The number of sulfonamides is 1. The number of halogens is 1. The number of piperazine rings is 1. The summed E-state index contributed by atoms with van der Waals surface area (Å²) in [6, 6.07) is 10.2. The molecule has 86 heavy (non-hydrogen) atoms. The molecule has 6 amide bonds. The lowest BCUT2D eigenvalue weighted by molar-refractivity contribution is -0.151. The van der Waals surface area contributed by atoms with Crippen molar-refractivity contribution in [2.75, 3.05) is 69.6 Å². The molecule has 24 heteroatoms. The van der Waals surface area contributed by atoms with Gasteiger partial charge in [-0.3, -0.25) is 38.3 Å². The van der Waals surface area contributed by atoms with Gasteiger partial charge in [-0.15, -0.1) is 0 Å². The Morgan fingerprint density at radius 3 is 2.27 bits per heavy atom. The van der Waals surface area contributed by atoms with Gasteiger partial charge in [-0.25, -0.2) is 17.6 Å². The molecule has 7 atom stereocenters. The maximum atomic E-state index is 15.3. The van der Waals surface area contributed by atoms with Gasteiger partial charge in [0.05, 0.1) is 18.7 Å². The molecule has 5 N–H and O–H groups in total. The maximum Gasteiger partial charge on any atom is 0.410 e. The molecule has 1 saturated heterocycles. The Labute approximate surface area is 505 Å². The van der Waals surface area contributed by atoms with Crippen LogP contribution in [-0.2, 0) is 61.7 Å². The van der Waals surface area contributed by atoms with Gasteiger partial charge in [-0.1, -0.05) is 58.4 Å². The number of aliphatic hydroxyl groups is 1. The lowest BCUT2D eigenvalue weighted by Gasteiger charge is -2.35. The van der Waals surface area contributed by atoms with Crippen molar-refractivity contribution in [2.24, 2.45) is 24.8 Å². The van der Waals surface area contributed by atoms with Crippen LogP contribution in [0.4, 0.5) is 20.6 Å². The zero-order valence-corrected chi connectivity index (χ0v) is 51.7. The highest BCUT2D eigenvalue weighted by atomic mass is 32.2. The number of imide groups is 1. The number of anilines is 2. The molecule has 6 rings (SSSR count). The van der Waals surface area contributed by atoms with E-state index in [2.05, 4.69) is 26.4 Å². The van der Waals surface area contributed by atoms with Gasteiger partial charge in [0.15, 0.2) is 0 Å². The Bertz CT molecular complexity index is 3010. The number of aromatic nitrogens is 2. The molecule has 4 heterocycles. The van der Waals surface area contributed by atoms with Gasteiger partial charge in [0.2, 0.25) is 27.7 Å². The molecule has 1 fully saturated rings. The van der Waals surface area contributed by atoms with Gasteiger partial charge >= 0.3 is 12.1 Å². The number of hydrogen-bond acceptors (Lipinski definition) is 15. The van der Waals surface area contributed by atoms with Crippen molar-refractivity contribution in [1.82, 2.24) is 39.8 Å². The fourth-order valence-corrected chi connectivity index (χ4v) is 11.8. The number of unbranched alkanes of at least 4 members (excludes halogenated alkanes) is 3. The summed E-state index contributed by atoms with van der Waals surface area (Å²) in [7, 11) is -0.295. The Hall–Kier alpha value is -7.28. The molecule has 2 aromatic carbocycles. The predicted molar refractivity (Wildman–Crippen MR) is 324 cm³/mol. The van der Waals surface area contributed by atoms with Crippen molar-refractivity contribution in [3.05, 3.63) is 102 Å². The van der Waals surface area contributed by atoms with Gasteiger partial charge in [0.1, 0.15) is 35.0 Å². The number of cyclic esters (lactones) is 1. The molecule has 22 nitrogen and oxygen atoms in total. The first-order valence-corrected chi connectivity index (χ1v) is 31.3. The van der Waals surface area contributed by atoms with E-state index in [9.17, 15) is 47.1 Å². The molecule has 3 aromatic rings. The third kappa shape index (κ3) is 20.2.